The zero-order chi connectivity index (χ0) is 12.7. The molecular formula is C12H16N2O4. The number of carbonyl (C=O) groups is 1. The molecule has 2 aliphatic carbocycles. The molecule has 3 rings (SSSR count). The second-order valence-electron chi connectivity index (χ2n) is 4.62. The molecule has 1 N–H and O–H groups in total. The normalized spacial score (nSPS) is 27.8. The highest BCUT2D eigenvalue weighted by atomic mass is 16.7. The Labute approximate surface area is 105 Å². The Balaban J connectivity index is 1.84. The van der Waals surface area contributed by atoms with Crippen LogP contribution in [0.15, 0.2) is 0 Å². The molecule has 3 unspecified atom stereocenters. The Kier molecular flexibility index (Phi) is 2.83. The quantitative estimate of drug-likeness (QED) is 0.632. The molecule has 0 amide bonds. The minimum absolute atomic E-state index is 0.0272. The second-order valence-corrected chi connectivity index (χ2v) is 4.62. The lowest BCUT2D eigenvalue weighted by atomic mass is 10.1. The van der Waals surface area contributed by atoms with Crippen LogP contribution in [-0.2, 0) is 14.2 Å². The van der Waals surface area contributed by atoms with Gasteiger partial charge in [0, 0.05) is 12.7 Å². The summed E-state index contributed by atoms with van der Waals surface area (Å²) in [6, 6.07) is 0. The topological polar surface area (TPSA) is 73.4 Å². The molecule has 1 saturated carbocycles. The number of carbonyl (C=O) groups excluding carboxylic acids is 1. The molecule has 1 heterocycles. The van der Waals surface area contributed by atoms with Gasteiger partial charge in [0.15, 0.2) is 5.69 Å². The maximum absolute atomic E-state index is 11.8. The van der Waals surface area contributed by atoms with Crippen LogP contribution in [0.1, 0.15) is 47.1 Å². The first-order valence-electron chi connectivity index (χ1n) is 6.13. The molecular weight excluding hydrogens is 236 g/mol. The molecule has 6 heteroatoms. The average Bonchev–Trinajstić information content (AvgIpc) is 2.91. The van der Waals surface area contributed by atoms with Crippen molar-refractivity contribution in [1.82, 2.24) is 10.2 Å². The van der Waals surface area contributed by atoms with Crippen molar-refractivity contribution in [1.29, 1.82) is 0 Å². The van der Waals surface area contributed by atoms with E-state index < -0.39 is 0 Å². The van der Waals surface area contributed by atoms with Gasteiger partial charge in [0.25, 0.3) is 0 Å². The first-order valence-corrected chi connectivity index (χ1v) is 6.13. The summed E-state index contributed by atoms with van der Waals surface area (Å²) in [6.07, 6.45) is 1.02. The summed E-state index contributed by atoms with van der Waals surface area (Å²) >= 11 is 0. The van der Waals surface area contributed by atoms with Crippen molar-refractivity contribution in [2.45, 2.75) is 25.4 Å². The number of nitrogens with zero attached hydrogens (tertiary/aromatic N) is 1. The van der Waals surface area contributed by atoms with E-state index in [-0.39, 0.29) is 18.9 Å². The van der Waals surface area contributed by atoms with E-state index >= 15 is 0 Å². The maximum Gasteiger partial charge on any atom is 0.359 e. The van der Waals surface area contributed by atoms with Gasteiger partial charge in [0.2, 0.25) is 0 Å². The Morgan fingerprint density at radius 1 is 1.56 bits per heavy atom. The fourth-order valence-electron chi connectivity index (χ4n) is 2.75. The number of aromatic amines is 1. The van der Waals surface area contributed by atoms with E-state index in [2.05, 4.69) is 10.2 Å². The van der Waals surface area contributed by atoms with Crippen molar-refractivity contribution in [2.75, 3.05) is 20.5 Å². The summed E-state index contributed by atoms with van der Waals surface area (Å²) in [5.74, 6) is 0.491. The van der Waals surface area contributed by atoms with Crippen LogP contribution in [0.2, 0.25) is 0 Å². The van der Waals surface area contributed by atoms with Gasteiger partial charge in [-0.1, -0.05) is 0 Å². The lowest BCUT2D eigenvalue weighted by Gasteiger charge is -2.12. The third-order valence-electron chi connectivity index (χ3n) is 3.55. The monoisotopic (exact) mass is 252 g/mol. The minimum Gasteiger partial charge on any atom is -0.461 e. The summed E-state index contributed by atoms with van der Waals surface area (Å²) in [5, 5.41) is 6.99. The molecule has 6 nitrogen and oxygen atoms in total. The zero-order valence-corrected chi connectivity index (χ0v) is 10.4. The number of nitrogens with one attached hydrogen (secondary N) is 1. The lowest BCUT2D eigenvalue weighted by Crippen LogP contribution is -2.08. The number of hydrogen-bond donors (Lipinski definition) is 1. The van der Waals surface area contributed by atoms with Crippen molar-refractivity contribution >= 4 is 5.97 Å². The fraction of sp³-hybridized carbons (Fsp3) is 0.667. The summed E-state index contributed by atoms with van der Waals surface area (Å²) in [7, 11) is 1.59. The minimum atomic E-state index is -0.354. The summed E-state index contributed by atoms with van der Waals surface area (Å²) in [5.41, 5.74) is 2.32. The van der Waals surface area contributed by atoms with Crippen LogP contribution in [0.4, 0.5) is 0 Å². The van der Waals surface area contributed by atoms with Crippen LogP contribution in [0.5, 0.6) is 0 Å². The molecule has 0 bridgehead atoms. The van der Waals surface area contributed by atoms with Crippen molar-refractivity contribution < 1.29 is 19.0 Å². The number of methoxy groups -OCH3 is 1. The highest BCUT2D eigenvalue weighted by Crippen LogP contribution is 2.63. The van der Waals surface area contributed by atoms with E-state index in [4.69, 9.17) is 14.2 Å². The number of aromatic nitrogens is 2. The van der Waals surface area contributed by atoms with Crippen molar-refractivity contribution in [3.05, 3.63) is 17.0 Å². The molecule has 0 spiro atoms. The molecule has 0 radical (unpaired) electrons. The van der Waals surface area contributed by atoms with Gasteiger partial charge >= 0.3 is 5.97 Å². The number of rotatable bonds is 5. The van der Waals surface area contributed by atoms with Crippen LogP contribution in [0.3, 0.4) is 0 Å². The van der Waals surface area contributed by atoms with Gasteiger partial charge in [0.05, 0.1) is 12.3 Å². The van der Waals surface area contributed by atoms with Gasteiger partial charge in [-0.25, -0.2) is 4.79 Å². The Morgan fingerprint density at radius 2 is 2.39 bits per heavy atom. The van der Waals surface area contributed by atoms with E-state index in [0.717, 1.165) is 17.7 Å². The lowest BCUT2D eigenvalue weighted by molar-refractivity contribution is -0.0803. The third-order valence-corrected chi connectivity index (χ3v) is 3.55. The van der Waals surface area contributed by atoms with Crippen LogP contribution < -0.4 is 0 Å². The van der Waals surface area contributed by atoms with Crippen LogP contribution in [0.25, 0.3) is 0 Å². The summed E-state index contributed by atoms with van der Waals surface area (Å²) < 4.78 is 15.6. The number of H-pyrrole nitrogens is 1. The van der Waals surface area contributed by atoms with Crippen molar-refractivity contribution in [3.8, 4) is 0 Å². The number of esters is 1. The van der Waals surface area contributed by atoms with Gasteiger partial charge in [0.1, 0.15) is 12.9 Å². The largest absolute Gasteiger partial charge is 0.461 e. The van der Waals surface area contributed by atoms with Crippen molar-refractivity contribution in [2.24, 2.45) is 5.92 Å². The molecule has 0 aliphatic heterocycles. The molecule has 0 aromatic carbocycles. The maximum atomic E-state index is 11.8. The van der Waals surface area contributed by atoms with E-state index in [0.29, 0.717) is 24.1 Å². The van der Waals surface area contributed by atoms with Gasteiger partial charge in [-0.05, 0) is 25.2 Å². The number of ether oxygens (including phenoxy) is 3. The van der Waals surface area contributed by atoms with Gasteiger partial charge < -0.3 is 14.2 Å². The number of hydrogen-bond acceptors (Lipinski definition) is 5. The predicted molar refractivity (Wildman–Crippen MR) is 61.1 cm³/mol. The third kappa shape index (κ3) is 1.64. The fourth-order valence-corrected chi connectivity index (χ4v) is 2.75. The molecule has 98 valence electrons. The first kappa shape index (κ1) is 11.7. The van der Waals surface area contributed by atoms with Crippen LogP contribution >= 0.6 is 0 Å². The van der Waals surface area contributed by atoms with Crippen LogP contribution in [-0.4, -0.2) is 36.7 Å². The zero-order valence-electron chi connectivity index (χ0n) is 10.4. The standard InChI is InChI=1S/C12H16N2O4/c1-3-17-12(15)10-8-6-4-7(6)11(18-5-16-2)9(8)13-14-10/h6-7,11H,3-5H2,1-2H3,(H,13,14). The van der Waals surface area contributed by atoms with Crippen LogP contribution in [0, 0.1) is 5.92 Å². The molecule has 3 atom stereocenters. The van der Waals surface area contributed by atoms with Crippen molar-refractivity contribution in [3.63, 3.8) is 0 Å². The molecule has 1 fully saturated rings. The SMILES string of the molecule is CCOC(=O)c1n[nH]c2c1C1CC1C2OCOC. The van der Waals surface area contributed by atoms with Gasteiger partial charge in [-0.2, -0.15) is 5.10 Å². The second kappa shape index (κ2) is 4.37. The Morgan fingerprint density at radius 3 is 3.11 bits per heavy atom. The highest BCUT2D eigenvalue weighted by molar-refractivity contribution is 5.90. The Hall–Kier alpha value is -1.40. The molecule has 2 aliphatic rings. The molecule has 18 heavy (non-hydrogen) atoms. The molecule has 1 aromatic rings. The van der Waals surface area contributed by atoms with Gasteiger partial charge in [-0.3, -0.25) is 5.10 Å². The predicted octanol–water partition coefficient (Wildman–Crippen LogP) is 1.37. The Bertz CT molecular complexity index is 471. The smallest absolute Gasteiger partial charge is 0.359 e. The van der Waals surface area contributed by atoms with Gasteiger partial charge in [-0.15, -0.1) is 0 Å². The molecule has 1 aromatic heterocycles. The van der Waals surface area contributed by atoms with E-state index in [9.17, 15) is 4.79 Å². The van der Waals surface area contributed by atoms with E-state index in [1.165, 1.54) is 0 Å². The van der Waals surface area contributed by atoms with E-state index in [1.807, 2.05) is 0 Å². The first-order chi connectivity index (χ1) is 8.77. The average molecular weight is 252 g/mol. The summed E-state index contributed by atoms with van der Waals surface area (Å²) in [4.78, 5) is 11.8. The molecule has 0 saturated heterocycles. The highest BCUT2D eigenvalue weighted by Gasteiger charge is 2.56. The van der Waals surface area contributed by atoms with E-state index in [1.54, 1.807) is 14.0 Å². The number of fused-ring (bicyclic) bond motifs is 3. The summed E-state index contributed by atoms with van der Waals surface area (Å²) in [6.45, 7) is 2.40.